The van der Waals surface area contributed by atoms with Crippen LogP contribution in [0.2, 0.25) is 0 Å². The molecule has 0 amide bonds. The van der Waals surface area contributed by atoms with Crippen LogP contribution in [-0.2, 0) is 0 Å². The lowest BCUT2D eigenvalue weighted by atomic mass is 9.93. The molecule has 1 aliphatic rings. The molecular formula is C11H20. The van der Waals surface area contributed by atoms with Crippen LogP contribution in [0.5, 0.6) is 0 Å². The van der Waals surface area contributed by atoms with Gasteiger partial charge < -0.3 is 0 Å². The summed E-state index contributed by atoms with van der Waals surface area (Å²) in [6.07, 6.45) is 3.98. The smallest absolute Gasteiger partial charge is 0.0206 e. The second-order valence-corrected chi connectivity index (χ2v) is 4.21. The first-order valence-electron chi connectivity index (χ1n) is 4.82. The van der Waals surface area contributed by atoms with Gasteiger partial charge in [0.1, 0.15) is 0 Å². The van der Waals surface area contributed by atoms with Gasteiger partial charge in [-0.05, 0) is 37.0 Å². The quantitative estimate of drug-likeness (QED) is 0.530. The Kier molecular flexibility index (Phi) is 2.75. The molecule has 0 nitrogen and oxygen atoms in total. The molecule has 64 valence electrons. The Morgan fingerprint density at radius 2 is 2.18 bits per heavy atom. The molecule has 0 radical (unpaired) electrons. The summed E-state index contributed by atoms with van der Waals surface area (Å²) in [6, 6.07) is 0. The van der Waals surface area contributed by atoms with Crippen LogP contribution < -0.4 is 0 Å². The van der Waals surface area contributed by atoms with E-state index in [1.807, 2.05) is 0 Å². The Morgan fingerprint density at radius 1 is 1.55 bits per heavy atom. The Hall–Kier alpha value is -0.260. The van der Waals surface area contributed by atoms with Gasteiger partial charge in [0.15, 0.2) is 0 Å². The highest BCUT2D eigenvalue weighted by Crippen LogP contribution is 2.40. The first-order chi connectivity index (χ1) is 5.15. The van der Waals surface area contributed by atoms with Crippen molar-refractivity contribution in [2.75, 3.05) is 0 Å². The van der Waals surface area contributed by atoms with Gasteiger partial charge in [-0.15, -0.1) is 0 Å². The average molecular weight is 152 g/mol. The van der Waals surface area contributed by atoms with E-state index < -0.39 is 0 Å². The standard InChI is InChI=1S/C11H20/c1-5-10-7-11(8(2)3)6-9(10)4/h8,10-11H,4-7H2,1-3H3. The monoisotopic (exact) mass is 152 g/mol. The van der Waals surface area contributed by atoms with Gasteiger partial charge in [0.05, 0.1) is 0 Å². The van der Waals surface area contributed by atoms with Crippen molar-refractivity contribution in [3.05, 3.63) is 12.2 Å². The summed E-state index contributed by atoms with van der Waals surface area (Å²) in [7, 11) is 0. The van der Waals surface area contributed by atoms with Crippen LogP contribution in [-0.4, -0.2) is 0 Å². The molecule has 2 atom stereocenters. The van der Waals surface area contributed by atoms with Gasteiger partial charge in [0.2, 0.25) is 0 Å². The van der Waals surface area contributed by atoms with Crippen LogP contribution in [0.15, 0.2) is 12.2 Å². The summed E-state index contributed by atoms with van der Waals surface area (Å²) < 4.78 is 0. The SMILES string of the molecule is C=C1CC(C(C)C)CC1CC. The third kappa shape index (κ3) is 1.85. The largest absolute Gasteiger partial charge is 0.0996 e. The van der Waals surface area contributed by atoms with Crippen molar-refractivity contribution in [3.63, 3.8) is 0 Å². The molecule has 0 heterocycles. The number of hydrogen-bond donors (Lipinski definition) is 0. The molecule has 0 bridgehead atoms. The number of allylic oxidation sites excluding steroid dienone is 1. The molecule has 0 heteroatoms. The van der Waals surface area contributed by atoms with Crippen LogP contribution in [0.4, 0.5) is 0 Å². The van der Waals surface area contributed by atoms with Crippen LogP contribution in [0.3, 0.4) is 0 Å². The van der Waals surface area contributed by atoms with Crippen molar-refractivity contribution in [2.24, 2.45) is 17.8 Å². The van der Waals surface area contributed by atoms with Crippen molar-refractivity contribution in [1.29, 1.82) is 0 Å². The molecule has 0 spiro atoms. The Bertz CT molecular complexity index is 144. The topological polar surface area (TPSA) is 0 Å². The highest BCUT2D eigenvalue weighted by Gasteiger charge is 2.28. The van der Waals surface area contributed by atoms with E-state index in [0.29, 0.717) is 0 Å². The predicted octanol–water partition coefficient (Wildman–Crippen LogP) is 3.63. The minimum absolute atomic E-state index is 0.836. The molecule has 0 aromatic heterocycles. The molecule has 1 rings (SSSR count). The molecule has 0 aromatic carbocycles. The van der Waals surface area contributed by atoms with Crippen LogP contribution >= 0.6 is 0 Å². The fourth-order valence-electron chi connectivity index (χ4n) is 2.08. The number of hydrogen-bond acceptors (Lipinski definition) is 0. The molecule has 1 saturated carbocycles. The fraction of sp³-hybridized carbons (Fsp3) is 0.818. The molecule has 0 aliphatic heterocycles. The van der Waals surface area contributed by atoms with E-state index in [-0.39, 0.29) is 0 Å². The maximum absolute atomic E-state index is 4.14. The summed E-state index contributed by atoms with van der Waals surface area (Å²) >= 11 is 0. The summed E-state index contributed by atoms with van der Waals surface area (Å²) in [6.45, 7) is 11.1. The Labute approximate surface area is 70.7 Å². The molecule has 0 N–H and O–H groups in total. The summed E-state index contributed by atoms with van der Waals surface area (Å²) in [5.74, 6) is 2.61. The van der Waals surface area contributed by atoms with Gasteiger partial charge in [-0.25, -0.2) is 0 Å². The fourth-order valence-corrected chi connectivity index (χ4v) is 2.08. The van der Waals surface area contributed by atoms with E-state index in [9.17, 15) is 0 Å². The first-order valence-corrected chi connectivity index (χ1v) is 4.82. The minimum Gasteiger partial charge on any atom is -0.0996 e. The zero-order valence-electron chi connectivity index (χ0n) is 8.06. The van der Waals surface area contributed by atoms with Crippen molar-refractivity contribution in [1.82, 2.24) is 0 Å². The lowest BCUT2D eigenvalue weighted by Gasteiger charge is -2.12. The molecule has 11 heavy (non-hydrogen) atoms. The lowest BCUT2D eigenvalue weighted by Crippen LogP contribution is -2.03. The van der Waals surface area contributed by atoms with Gasteiger partial charge in [-0.1, -0.05) is 32.9 Å². The lowest BCUT2D eigenvalue weighted by molar-refractivity contribution is 0.376. The van der Waals surface area contributed by atoms with Crippen LogP contribution in [0, 0.1) is 17.8 Å². The third-order valence-corrected chi connectivity index (χ3v) is 3.12. The molecule has 0 aromatic rings. The van der Waals surface area contributed by atoms with Crippen molar-refractivity contribution >= 4 is 0 Å². The van der Waals surface area contributed by atoms with Crippen LogP contribution in [0.1, 0.15) is 40.0 Å². The highest BCUT2D eigenvalue weighted by atomic mass is 14.3. The summed E-state index contributed by atoms with van der Waals surface area (Å²) in [4.78, 5) is 0. The number of rotatable bonds is 2. The van der Waals surface area contributed by atoms with E-state index >= 15 is 0 Å². The average Bonchev–Trinajstić information content (AvgIpc) is 2.31. The van der Waals surface area contributed by atoms with E-state index in [1.54, 1.807) is 0 Å². The molecule has 1 fully saturated rings. The maximum atomic E-state index is 4.14. The third-order valence-electron chi connectivity index (χ3n) is 3.12. The van der Waals surface area contributed by atoms with Crippen molar-refractivity contribution in [2.45, 2.75) is 40.0 Å². The van der Waals surface area contributed by atoms with Crippen molar-refractivity contribution in [3.8, 4) is 0 Å². The Balaban J connectivity index is 2.49. The van der Waals surface area contributed by atoms with E-state index in [0.717, 1.165) is 17.8 Å². The van der Waals surface area contributed by atoms with Crippen LogP contribution in [0.25, 0.3) is 0 Å². The van der Waals surface area contributed by atoms with Gasteiger partial charge in [-0.3, -0.25) is 0 Å². The molecule has 0 saturated heterocycles. The zero-order chi connectivity index (χ0) is 8.43. The predicted molar refractivity (Wildman–Crippen MR) is 50.5 cm³/mol. The maximum Gasteiger partial charge on any atom is -0.0206 e. The van der Waals surface area contributed by atoms with E-state index in [4.69, 9.17) is 0 Å². The molecular weight excluding hydrogens is 132 g/mol. The van der Waals surface area contributed by atoms with E-state index in [2.05, 4.69) is 27.4 Å². The van der Waals surface area contributed by atoms with Gasteiger partial charge in [-0.2, -0.15) is 0 Å². The molecule has 1 aliphatic carbocycles. The summed E-state index contributed by atoms with van der Waals surface area (Å²) in [5, 5.41) is 0. The minimum atomic E-state index is 0.836. The van der Waals surface area contributed by atoms with Gasteiger partial charge in [0, 0.05) is 0 Å². The summed E-state index contributed by atoms with van der Waals surface area (Å²) in [5.41, 5.74) is 1.51. The van der Waals surface area contributed by atoms with Gasteiger partial charge >= 0.3 is 0 Å². The normalized spacial score (nSPS) is 31.8. The second-order valence-electron chi connectivity index (χ2n) is 4.21. The van der Waals surface area contributed by atoms with Crippen molar-refractivity contribution < 1.29 is 0 Å². The van der Waals surface area contributed by atoms with Gasteiger partial charge in [0.25, 0.3) is 0 Å². The highest BCUT2D eigenvalue weighted by molar-refractivity contribution is 5.08. The van der Waals surface area contributed by atoms with E-state index in [1.165, 1.54) is 24.8 Å². The Morgan fingerprint density at radius 3 is 2.45 bits per heavy atom. The zero-order valence-corrected chi connectivity index (χ0v) is 8.06. The first kappa shape index (κ1) is 8.83. The second kappa shape index (κ2) is 3.42. The molecule has 2 unspecified atom stereocenters.